The van der Waals surface area contributed by atoms with Gasteiger partial charge in [0.25, 0.3) is 5.91 Å². The molecule has 0 unspecified atom stereocenters. The van der Waals surface area contributed by atoms with Crippen LogP contribution in [-0.2, 0) is 0 Å². The maximum atomic E-state index is 12.0. The zero-order chi connectivity index (χ0) is 15.1. The molecule has 2 rings (SSSR count). The summed E-state index contributed by atoms with van der Waals surface area (Å²) in [7, 11) is 0. The molecular weight excluding hydrogens is 266 g/mol. The maximum absolute atomic E-state index is 12.0. The second-order valence-electron chi connectivity index (χ2n) is 5.35. The highest BCUT2D eigenvalue weighted by atomic mass is 16.1. The molecule has 1 aliphatic carbocycles. The van der Waals surface area contributed by atoms with E-state index in [1.165, 1.54) is 12.8 Å². The number of anilines is 1. The van der Waals surface area contributed by atoms with E-state index in [0.717, 1.165) is 32.1 Å². The molecule has 1 aliphatic rings. The van der Waals surface area contributed by atoms with Gasteiger partial charge >= 0.3 is 0 Å². The lowest BCUT2D eigenvalue weighted by molar-refractivity contribution is 0.0942. The lowest BCUT2D eigenvalue weighted by atomic mass is 10.3. The van der Waals surface area contributed by atoms with Gasteiger partial charge < -0.3 is 10.6 Å². The highest BCUT2D eigenvalue weighted by molar-refractivity contribution is 5.92. The molecular formula is C15H25N5O. The van der Waals surface area contributed by atoms with Gasteiger partial charge in [-0.3, -0.25) is 9.69 Å². The zero-order valence-electron chi connectivity index (χ0n) is 12.9. The molecule has 0 atom stereocenters. The van der Waals surface area contributed by atoms with Crippen molar-refractivity contribution in [2.75, 3.05) is 31.5 Å². The highest BCUT2D eigenvalue weighted by Gasteiger charge is 2.27. The maximum Gasteiger partial charge on any atom is 0.271 e. The molecule has 1 aromatic rings. The van der Waals surface area contributed by atoms with Crippen molar-refractivity contribution in [3.8, 4) is 0 Å². The van der Waals surface area contributed by atoms with Crippen molar-refractivity contribution in [2.24, 2.45) is 0 Å². The van der Waals surface area contributed by atoms with E-state index in [-0.39, 0.29) is 5.91 Å². The predicted octanol–water partition coefficient (Wildman–Crippen LogP) is 1.51. The number of aromatic nitrogens is 2. The highest BCUT2D eigenvalue weighted by Crippen LogP contribution is 2.25. The number of nitrogens with one attached hydrogen (secondary N) is 2. The third-order valence-corrected chi connectivity index (χ3v) is 3.61. The number of likely N-dealkylation sites (N-methyl/N-ethyl adjacent to an activating group) is 1. The third kappa shape index (κ3) is 4.97. The Bertz CT molecular complexity index is 444. The van der Waals surface area contributed by atoms with Crippen molar-refractivity contribution >= 4 is 11.7 Å². The molecule has 1 aromatic heterocycles. The van der Waals surface area contributed by atoms with Crippen molar-refractivity contribution in [1.82, 2.24) is 20.4 Å². The number of nitrogens with zero attached hydrogens (tertiary/aromatic N) is 3. The molecule has 1 heterocycles. The first-order valence-electron chi connectivity index (χ1n) is 7.84. The second-order valence-corrected chi connectivity index (χ2v) is 5.35. The van der Waals surface area contributed by atoms with Crippen LogP contribution in [0.5, 0.6) is 0 Å². The third-order valence-electron chi connectivity index (χ3n) is 3.61. The average molecular weight is 291 g/mol. The SMILES string of the molecule is CCCNc1ccc(C(=O)NCCN(CC)C2CC2)nn1. The Morgan fingerprint density at radius 3 is 2.67 bits per heavy atom. The number of hydrogen-bond acceptors (Lipinski definition) is 5. The van der Waals surface area contributed by atoms with E-state index in [4.69, 9.17) is 0 Å². The van der Waals surface area contributed by atoms with Gasteiger partial charge in [-0.25, -0.2) is 0 Å². The van der Waals surface area contributed by atoms with Crippen molar-refractivity contribution in [3.63, 3.8) is 0 Å². The van der Waals surface area contributed by atoms with Crippen LogP contribution in [0.15, 0.2) is 12.1 Å². The first-order chi connectivity index (χ1) is 10.2. The summed E-state index contributed by atoms with van der Waals surface area (Å²) in [6, 6.07) is 4.23. The van der Waals surface area contributed by atoms with Crippen LogP contribution in [0.3, 0.4) is 0 Å². The minimum absolute atomic E-state index is 0.156. The lowest BCUT2D eigenvalue weighted by Crippen LogP contribution is -2.36. The van der Waals surface area contributed by atoms with Gasteiger partial charge in [0.15, 0.2) is 5.69 Å². The Balaban J connectivity index is 1.74. The standard InChI is InChI=1S/C15H25N5O/c1-3-9-16-14-8-7-13(18-19-14)15(21)17-10-11-20(4-2)12-5-6-12/h7-8,12H,3-6,9-11H2,1-2H3,(H,16,19)(H,17,21). The minimum Gasteiger partial charge on any atom is -0.369 e. The summed E-state index contributed by atoms with van der Waals surface area (Å²) < 4.78 is 0. The minimum atomic E-state index is -0.156. The predicted molar refractivity (Wildman–Crippen MR) is 83.4 cm³/mol. The van der Waals surface area contributed by atoms with Crippen LogP contribution in [0, 0.1) is 0 Å². The topological polar surface area (TPSA) is 70.2 Å². The van der Waals surface area contributed by atoms with E-state index in [1.807, 2.05) is 0 Å². The number of hydrogen-bond donors (Lipinski definition) is 2. The molecule has 6 heteroatoms. The van der Waals surface area contributed by atoms with Gasteiger partial charge in [-0.15, -0.1) is 10.2 Å². The Hall–Kier alpha value is -1.69. The normalized spacial score (nSPS) is 14.2. The molecule has 0 aromatic carbocycles. The van der Waals surface area contributed by atoms with Crippen LogP contribution >= 0.6 is 0 Å². The van der Waals surface area contributed by atoms with Crippen LogP contribution in [0.2, 0.25) is 0 Å². The van der Waals surface area contributed by atoms with E-state index in [1.54, 1.807) is 12.1 Å². The Morgan fingerprint density at radius 2 is 2.10 bits per heavy atom. The van der Waals surface area contributed by atoms with Gasteiger partial charge in [-0.2, -0.15) is 0 Å². The molecule has 1 fully saturated rings. The summed E-state index contributed by atoms with van der Waals surface area (Å²) in [6.07, 6.45) is 3.61. The molecule has 1 saturated carbocycles. The van der Waals surface area contributed by atoms with Gasteiger partial charge in [0.1, 0.15) is 5.82 Å². The quantitative estimate of drug-likeness (QED) is 0.722. The number of rotatable bonds is 9. The lowest BCUT2D eigenvalue weighted by Gasteiger charge is -2.19. The smallest absolute Gasteiger partial charge is 0.271 e. The summed E-state index contributed by atoms with van der Waals surface area (Å²) >= 11 is 0. The molecule has 0 saturated heterocycles. The van der Waals surface area contributed by atoms with E-state index in [9.17, 15) is 4.79 Å². The van der Waals surface area contributed by atoms with E-state index in [0.29, 0.717) is 18.1 Å². The van der Waals surface area contributed by atoms with Crippen LogP contribution in [0.4, 0.5) is 5.82 Å². The monoisotopic (exact) mass is 291 g/mol. The summed E-state index contributed by atoms with van der Waals surface area (Å²) in [5.41, 5.74) is 0.367. The molecule has 0 spiro atoms. The van der Waals surface area contributed by atoms with Gasteiger partial charge in [0, 0.05) is 25.7 Å². The summed E-state index contributed by atoms with van der Waals surface area (Å²) in [5.74, 6) is 0.552. The summed E-state index contributed by atoms with van der Waals surface area (Å²) in [5, 5.41) is 14.0. The number of carbonyl (C=O) groups excluding carboxylic acids is 1. The largest absolute Gasteiger partial charge is 0.369 e. The fourth-order valence-corrected chi connectivity index (χ4v) is 2.24. The van der Waals surface area contributed by atoms with Gasteiger partial charge in [0.2, 0.25) is 0 Å². The van der Waals surface area contributed by atoms with E-state index >= 15 is 0 Å². The second kappa shape index (κ2) is 7.93. The van der Waals surface area contributed by atoms with Crippen molar-refractivity contribution in [1.29, 1.82) is 0 Å². The van der Waals surface area contributed by atoms with Gasteiger partial charge in [-0.1, -0.05) is 13.8 Å². The molecule has 0 bridgehead atoms. The summed E-state index contributed by atoms with van der Waals surface area (Å²) in [4.78, 5) is 14.4. The van der Waals surface area contributed by atoms with Crippen LogP contribution in [0.1, 0.15) is 43.6 Å². The Morgan fingerprint density at radius 1 is 1.29 bits per heavy atom. The fraction of sp³-hybridized carbons (Fsp3) is 0.667. The first kappa shape index (κ1) is 15.7. The van der Waals surface area contributed by atoms with Gasteiger partial charge in [-0.05, 0) is 37.9 Å². The molecule has 6 nitrogen and oxygen atoms in total. The first-order valence-corrected chi connectivity index (χ1v) is 7.84. The molecule has 21 heavy (non-hydrogen) atoms. The summed E-state index contributed by atoms with van der Waals surface area (Å²) in [6.45, 7) is 7.70. The number of amides is 1. The van der Waals surface area contributed by atoms with Crippen LogP contribution in [-0.4, -0.2) is 53.2 Å². The van der Waals surface area contributed by atoms with Crippen molar-refractivity contribution in [2.45, 2.75) is 39.2 Å². The van der Waals surface area contributed by atoms with Crippen molar-refractivity contribution < 1.29 is 4.79 Å². The molecule has 116 valence electrons. The average Bonchev–Trinajstić information content (AvgIpc) is 3.34. The fourth-order valence-electron chi connectivity index (χ4n) is 2.24. The van der Waals surface area contributed by atoms with Crippen LogP contribution in [0.25, 0.3) is 0 Å². The molecule has 1 amide bonds. The molecule has 0 aliphatic heterocycles. The van der Waals surface area contributed by atoms with E-state index < -0.39 is 0 Å². The number of carbonyl (C=O) groups is 1. The van der Waals surface area contributed by atoms with Gasteiger partial charge in [0.05, 0.1) is 0 Å². The van der Waals surface area contributed by atoms with Crippen LogP contribution < -0.4 is 10.6 Å². The van der Waals surface area contributed by atoms with Crippen molar-refractivity contribution in [3.05, 3.63) is 17.8 Å². The Labute approximate surface area is 126 Å². The zero-order valence-corrected chi connectivity index (χ0v) is 12.9. The molecule has 2 N–H and O–H groups in total. The van der Waals surface area contributed by atoms with E-state index in [2.05, 4.69) is 39.6 Å². The molecule has 0 radical (unpaired) electrons. The Kier molecular flexibility index (Phi) is 5.92.